The normalized spacial score (nSPS) is 9.77. The second-order valence-electron chi connectivity index (χ2n) is 2.36. The van der Waals surface area contributed by atoms with Gasteiger partial charge in [-0.25, -0.2) is 4.39 Å². The molecule has 13 heavy (non-hydrogen) atoms. The van der Waals surface area contributed by atoms with Crippen molar-refractivity contribution >= 4 is 40.2 Å². The van der Waals surface area contributed by atoms with Gasteiger partial charge in [0.2, 0.25) is 5.91 Å². The number of rotatable bonds is 2. The van der Waals surface area contributed by atoms with Crippen LogP contribution in [-0.2, 0) is 4.79 Å². The van der Waals surface area contributed by atoms with E-state index in [1.807, 2.05) is 0 Å². The summed E-state index contributed by atoms with van der Waals surface area (Å²) in [6.07, 6.45) is 0. The van der Waals surface area contributed by atoms with Gasteiger partial charge in [0, 0.05) is 10.2 Å². The molecule has 1 aromatic carbocycles. The highest BCUT2D eigenvalue weighted by Gasteiger charge is 2.01. The van der Waals surface area contributed by atoms with Crippen LogP contribution in [0.1, 0.15) is 0 Å². The summed E-state index contributed by atoms with van der Waals surface area (Å²) >= 11 is 6.89. The lowest BCUT2D eigenvalue weighted by Crippen LogP contribution is -2.12. The highest BCUT2D eigenvalue weighted by molar-refractivity contribution is 9.10. The van der Waals surface area contributed by atoms with E-state index in [1.54, 1.807) is 6.07 Å². The fourth-order valence-corrected chi connectivity index (χ4v) is 1.37. The summed E-state index contributed by atoms with van der Waals surface area (Å²) in [6.45, 7) is 0. The zero-order valence-electron chi connectivity index (χ0n) is 6.55. The third-order valence-electron chi connectivity index (χ3n) is 1.29. The molecule has 1 amide bonds. The number of amides is 1. The Morgan fingerprint density at radius 1 is 1.54 bits per heavy atom. The smallest absolute Gasteiger partial charge is 0.234 e. The molecule has 0 spiro atoms. The molecule has 5 heteroatoms. The Morgan fingerprint density at radius 2 is 2.23 bits per heavy atom. The number of halogens is 2. The van der Waals surface area contributed by atoms with Gasteiger partial charge in [-0.3, -0.25) is 4.79 Å². The van der Waals surface area contributed by atoms with E-state index >= 15 is 0 Å². The number of carbonyl (C=O) groups excluding carboxylic acids is 1. The number of carbonyl (C=O) groups is 1. The van der Waals surface area contributed by atoms with Gasteiger partial charge in [-0.2, -0.15) is 12.6 Å². The molecule has 0 unspecified atom stereocenters. The van der Waals surface area contributed by atoms with Gasteiger partial charge in [0.1, 0.15) is 5.82 Å². The van der Waals surface area contributed by atoms with Gasteiger partial charge in [0.15, 0.2) is 0 Å². The number of nitrogens with one attached hydrogen (secondary N) is 1. The topological polar surface area (TPSA) is 29.1 Å². The first-order valence-electron chi connectivity index (χ1n) is 3.48. The summed E-state index contributed by atoms with van der Waals surface area (Å²) in [7, 11) is 0. The fourth-order valence-electron chi connectivity index (χ4n) is 0.827. The van der Waals surface area contributed by atoms with E-state index in [0.717, 1.165) is 0 Å². The molecule has 0 atom stereocenters. The Balaban J connectivity index is 2.83. The van der Waals surface area contributed by atoms with Crippen molar-refractivity contribution in [2.75, 3.05) is 11.1 Å². The number of thiol groups is 1. The predicted octanol–water partition coefficient (Wildman–Crippen LogP) is 2.46. The van der Waals surface area contributed by atoms with Crippen LogP contribution in [0.5, 0.6) is 0 Å². The molecule has 1 aromatic rings. The lowest BCUT2D eigenvalue weighted by Gasteiger charge is -2.03. The van der Waals surface area contributed by atoms with E-state index in [0.29, 0.717) is 10.2 Å². The molecule has 1 rings (SSSR count). The number of hydrogen-bond donors (Lipinski definition) is 2. The Hall–Kier alpha value is -0.550. The van der Waals surface area contributed by atoms with Gasteiger partial charge in [-0.05, 0) is 18.2 Å². The van der Waals surface area contributed by atoms with E-state index in [-0.39, 0.29) is 11.7 Å². The molecule has 2 nitrogen and oxygen atoms in total. The molecule has 0 radical (unpaired) electrons. The van der Waals surface area contributed by atoms with Crippen molar-refractivity contribution in [1.29, 1.82) is 0 Å². The summed E-state index contributed by atoms with van der Waals surface area (Å²) < 4.78 is 13.4. The van der Waals surface area contributed by atoms with Crippen LogP contribution < -0.4 is 5.32 Å². The molecule has 0 aromatic heterocycles. The molecular weight excluding hydrogens is 257 g/mol. The fraction of sp³-hybridized carbons (Fsp3) is 0.125. The van der Waals surface area contributed by atoms with Crippen molar-refractivity contribution in [1.82, 2.24) is 0 Å². The zero-order valence-corrected chi connectivity index (χ0v) is 9.03. The molecule has 0 fully saturated rings. The average Bonchev–Trinajstić information content (AvgIpc) is 2.02. The minimum atomic E-state index is -0.399. The van der Waals surface area contributed by atoms with E-state index in [4.69, 9.17) is 0 Å². The average molecular weight is 264 g/mol. The molecular formula is C8H7BrFNOS. The van der Waals surface area contributed by atoms with Gasteiger partial charge in [0.05, 0.1) is 5.75 Å². The molecule has 0 aliphatic rings. The number of anilines is 1. The first-order valence-corrected chi connectivity index (χ1v) is 4.91. The van der Waals surface area contributed by atoms with Gasteiger partial charge in [-0.15, -0.1) is 0 Å². The third kappa shape index (κ3) is 3.36. The van der Waals surface area contributed by atoms with E-state index in [2.05, 4.69) is 33.9 Å². The SMILES string of the molecule is O=C(CS)Nc1cc(F)cc(Br)c1. The zero-order chi connectivity index (χ0) is 9.84. The van der Waals surface area contributed by atoms with Crippen molar-refractivity contribution in [2.45, 2.75) is 0 Å². The summed E-state index contributed by atoms with van der Waals surface area (Å²) in [5.74, 6) is -0.585. The minimum absolute atomic E-state index is 0.0775. The van der Waals surface area contributed by atoms with Gasteiger partial charge in [0.25, 0.3) is 0 Å². The van der Waals surface area contributed by atoms with Crippen LogP contribution in [0, 0.1) is 5.82 Å². The van der Waals surface area contributed by atoms with E-state index < -0.39 is 5.82 Å². The van der Waals surface area contributed by atoms with Gasteiger partial charge in [-0.1, -0.05) is 15.9 Å². The van der Waals surface area contributed by atoms with Crippen molar-refractivity contribution < 1.29 is 9.18 Å². The van der Waals surface area contributed by atoms with Crippen LogP contribution in [0.4, 0.5) is 10.1 Å². The molecule has 0 heterocycles. The summed E-state index contributed by atoms with van der Waals surface area (Å²) in [5, 5.41) is 2.49. The van der Waals surface area contributed by atoms with Crippen LogP contribution in [0.25, 0.3) is 0 Å². The standard InChI is InChI=1S/C8H7BrFNOS/c9-5-1-6(10)3-7(2-5)11-8(12)4-13/h1-3,13H,4H2,(H,11,12). The lowest BCUT2D eigenvalue weighted by molar-refractivity contribution is -0.113. The Bertz CT molecular complexity index is 312. The second-order valence-corrected chi connectivity index (χ2v) is 3.60. The van der Waals surface area contributed by atoms with Crippen LogP contribution in [0.15, 0.2) is 22.7 Å². The Kier molecular flexibility index (Phi) is 3.74. The third-order valence-corrected chi connectivity index (χ3v) is 2.03. The highest BCUT2D eigenvalue weighted by atomic mass is 79.9. The molecule has 0 bridgehead atoms. The molecule has 0 saturated heterocycles. The molecule has 1 N–H and O–H groups in total. The van der Waals surface area contributed by atoms with Crippen molar-refractivity contribution in [3.8, 4) is 0 Å². The first-order chi connectivity index (χ1) is 6.11. The van der Waals surface area contributed by atoms with Crippen molar-refractivity contribution in [3.05, 3.63) is 28.5 Å². The van der Waals surface area contributed by atoms with Crippen molar-refractivity contribution in [2.24, 2.45) is 0 Å². The van der Waals surface area contributed by atoms with Crippen LogP contribution in [0.2, 0.25) is 0 Å². The van der Waals surface area contributed by atoms with Gasteiger partial charge < -0.3 is 5.32 Å². The summed E-state index contributed by atoms with van der Waals surface area (Å²) in [5.41, 5.74) is 0.422. The maximum Gasteiger partial charge on any atom is 0.234 e. The maximum absolute atomic E-state index is 12.8. The minimum Gasteiger partial charge on any atom is -0.325 e. The first kappa shape index (κ1) is 10.5. The molecule has 70 valence electrons. The van der Waals surface area contributed by atoms with Crippen LogP contribution in [0.3, 0.4) is 0 Å². The predicted molar refractivity (Wildman–Crippen MR) is 56.6 cm³/mol. The van der Waals surface area contributed by atoms with Crippen molar-refractivity contribution in [3.63, 3.8) is 0 Å². The molecule has 0 saturated carbocycles. The lowest BCUT2D eigenvalue weighted by atomic mass is 10.3. The Morgan fingerprint density at radius 3 is 2.77 bits per heavy atom. The second kappa shape index (κ2) is 4.62. The van der Waals surface area contributed by atoms with E-state index in [1.165, 1.54) is 12.1 Å². The maximum atomic E-state index is 12.8. The largest absolute Gasteiger partial charge is 0.325 e. The summed E-state index contributed by atoms with van der Waals surface area (Å²) in [4.78, 5) is 10.9. The molecule has 0 aliphatic carbocycles. The number of hydrogen-bond acceptors (Lipinski definition) is 2. The highest BCUT2D eigenvalue weighted by Crippen LogP contribution is 2.18. The Labute approximate surface area is 89.1 Å². The van der Waals surface area contributed by atoms with E-state index in [9.17, 15) is 9.18 Å². The molecule has 0 aliphatic heterocycles. The van der Waals surface area contributed by atoms with Crippen LogP contribution in [-0.4, -0.2) is 11.7 Å². The van der Waals surface area contributed by atoms with Crippen LogP contribution >= 0.6 is 28.6 Å². The van der Waals surface area contributed by atoms with Gasteiger partial charge >= 0.3 is 0 Å². The number of benzene rings is 1. The quantitative estimate of drug-likeness (QED) is 0.789. The monoisotopic (exact) mass is 263 g/mol. The summed E-state index contributed by atoms with van der Waals surface area (Å²) in [6, 6.07) is 4.17.